The zero-order valence-electron chi connectivity index (χ0n) is 10.2. The third kappa shape index (κ3) is 2.99. The Hall–Kier alpha value is -1.51. The summed E-state index contributed by atoms with van der Waals surface area (Å²) in [6, 6.07) is 10.3. The molecule has 1 fully saturated rings. The highest BCUT2D eigenvalue weighted by molar-refractivity contribution is 5.74. The molecule has 1 aliphatic carbocycles. The van der Waals surface area contributed by atoms with Gasteiger partial charge >= 0.3 is 5.97 Å². The zero-order valence-corrected chi connectivity index (χ0v) is 10.2. The number of esters is 1. The quantitative estimate of drug-likeness (QED) is 0.813. The molecular weight excluding hydrogens is 214 g/mol. The molecule has 1 aromatic rings. The van der Waals surface area contributed by atoms with Crippen LogP contribution in [-0.2, 0) is 9.53 Å². The Bertz CT molecular complexity index is 364. The van der Waals surface area contributed by atoms with Gasteiger partial charge in [-0.25, -0.2) is 0 Å². The predicted octanol–water partition coefficient (Wildman–Crippen LogP) is 2.83. The summed E-state index contributed by atoms with van der Waals surface area (Å²) >= 11 is 0. The van der Waals surface area contributed by atoms with Crippen molar-refractivity contribution >= 4 is 11.7 Å². The van der Waals surface area contributed by atoms with E-state index in [9.17, 15) is 4.79 Å². The molecule has 0 aromatic heterocycles. The molecule has 2 rings (SSSR count). The van der Waals surface area contributed by atoms with E-state index < -0.39 is 0 Å². The highest BCUT2D eigenvalue weighted by Crippen LogP contribution is 2.29. The molecule has 0 spiro atoms. The molecule has 0 bridgehead atoms. The van der Waals surface area contributed by atoms with Crippen LogP contribution in [-0.4, -0.2) is 18.6 Å². The van der Waals surface area contributed by atoms with E-state index in [0.717, 1.165) is 24.9 Å². The van der Waals surface area contributed by atoms with Gasteiger partial charge in [-0.05, 0) is 31.9 Å². The van der Waals surface area contributed by atoms with Crippen LogP contribution in [0.2, 0.25) is 0 Å². The Balaban J connectivity index is 1.98. The lowest BCUT2D eigenvalue weighted by Crippen LogP contribution is -2.31. The van der Waals surface area contributed by atoms with E-state index in [4.69, 9.17) is 4.74 Å². The average Bonchev–Trinajstić information content (AvgIpc) is 2.79. The van der Waals surface area contributed by atoms with Gasteiger partial charge in [-0.3, -0.25) is 4.79 Å². The van der Waals surface area contributed by atoms with Crippen molar-refractivity contribution in [3.8, 4) is 0 Å². The average molecular weight is 233 g/mol. The van der Waals surface area contributed by atoms with E-state index >= 15 is 0 Å². The number of hydrogen-bond donors (Lipinski definition) is 1. The first-order chi connectivity index (χ1) is 8.31. The fourth-order valence-corrected chi connectivity index (χ4v) is 2.41. The lowest BCUT2D eigenvalue weighted by molar-refractivity contribution is -0.147. The Kier molecular flexibility index (Phi) is 4.02. The van der Waals surface area contributed by atoms with Crippen LogP contribution in [0.1, 0.15) is 26.2 Å². The minimum Gasteiger partial charge on any atom is -0.466 e. The topological polar surface area (TPSA) is 38.3 Å². The van der Waals surface area contributed by atoms with Crippen molar-refractivity contribution in [3.05, 3.63) is 30.3 Å². The van der Waals surface area contributed by atoms with Crippen LogP contribution < -0.4 is 5.32 Å². The zero-order chi connectivity index (χ0) is 12.1. The summed E-state index contributed by atoms with van der Waals surface area (Å²) in [4.78, 5) is 11.8. The largest absolute Gasteiger partial charge is 0.466 e. The lowest BCUT2D eigenvalue weighted by Gasteiger charge is -2.20. The Morgan fingerprint density at radius 2 is 2.12 bits per heavy atom. The van der Waals surface area contributed by atoms with Gasteiger partial charge in [0.05, 0.1) is 12.5 Å². The monoisotopic (exact) mass is 233 g/mol. The molecule has 0 radical (unpaired) electrons. The molecule has 1 aromatic carbocycles. The molecule has 0 amide bonds. The number of anilines is 1. The molecule has 3 nitrogen and oxygen atoms in total. The van der Waals surface area contributed by atoms with Crippen LogP contribution in [0, 0.1) is 5.92 Å². The first kappa shape index (κ1) is 12.0. The Morgan fingerprint density at radius 3 is 2.82 bits per heavy atom. The Labute approximate surface area is 102 Å². The molecule has 1 N–H and O–H groups in total. The summed E-state index contributed by atoms with van der Waals surface area (Å²) in [6.07, 6.45) is 3.07. The van der Waals surface area contributed by atoms with Crippen LogP contribution in [0.3, 0.4) is 0 Å². The summed E-state index contributed by atoms with van der Waals surface area (Å²) in [6.45, 7) is 2.32. The van der Waals surface area contributed by atoms with Gasteiger partial charge in [0.15, 0.2) is 0 Å². The number of carbonyl (C=O) groups is 1. The molecule has 1 aliphatic rings. The van der Waals surface area contributed by atoms with Gasteiger partial charge in [-0.15, -0.1) is 0 Å². The second-order valence-electron chi connectivity index (χ2n) is 4.41. The summed E-state index contributed by atoms with van der Waals surface area (Å²) in [7, 11) is 0. The van der Waals surface area contributed by atoms with Gasteiger partial charge in [0.2, 0.25) is 0 Å². The molecular formula is C14H19NO2. The molecule has 17 heavy (non-hydrogen) atoms. The number of rotatable bonds is 4. The van der Waals surface area contributed by atoms with Crippen molar-refractivity contribution in [2.75, 3.05) is 11.9 Å². The van der Waals surface area contributed by atoms with Gasteiger partial charge in [-0.1, -0.05) is 24.6 Å². The highest BCUT2D eigenvalue weighted by Gasteiger charge is 2.33. The van der Waals surface area contributed by atoms with Gasteiger partial charge in [0, 0.05) is 11.7 Å². The molecule has 92 valence electrons. The molecule has 2 atom stereocenters. The maximum absolute atomic E-state index is 11.8. The van der Waals surface area contributed by atoms with E-state index in [2.05, 4.69) is 5.32 Å². The third-order valence-electron chi connectivity index (χ3n) is 3.23. The smallest absolute Gasteiger partial charge is 0.311 e. The minimum absolute atomic E-state index is 0.00940. The van der Waals surface area contributed by atoms with Crippen LogP contribution in [0.4, 0.5) is 5.69 Å². The number of nitrogens with one attached hydrogen (secondary N) is 1. The van der Waals surface area contributed by atoms with Gasteiger partial charge in [0.25, 0.3) is 0 Å². The lowest BCUT2D eigenvalue weighted by atomic mass is 10.0. The van der Waals surface area contributed by atoms with Crippen LogP contribution in [0.25, 0.3) is 0 Å². The van der Waals surface area contributed by atoms with Crippen LogP contribution in [0.15, 0.2) is 30.3 Å². The summed E-state index contributed by atoms with van der Waals surface area (Å²) < 4.78 is 5.11. The van der Waals surface area contributed by atoms with Crippen molar-refractivity contribution in [1.29, 1.82) is 0 Å². The third-order valence-corrected chi connectivity index (χ3v) is 3.23. The number of carbonyl (C=O) groups excluding carboxylic acids is 1. The normalized spacial score (nSPS) is 23.4. The minimum atomic E-state index is -0.0570. The summed E-state index contributed by atoms with van der Waals surface area (Å²) in [5.74, 6) is -0.0476. The molecule has 0 heterocycles. The van der Waals surface area contributed by atoms with E-state index in [1.165, 1.54) is 0 Å². The van der Waals surface area contributed by atoms with E-state index in [-0.39, 0.29) is 17.9 Å². The fraction of sp³-hybridized carbons (Fsp3) is 0.500. The van der Waals surface area contributed by atoms with Crippen molar-refractivity contribution in [2.24, 2.45) is 5.92 Å². The summed E-state index contributed by atoms with van der Waals surface area (Å²) in [5.41, 5.74) is 1.08. The van der Waals surface area contributed by atoms with Crippen molar-refractivity contribution in [2.45, 2.75) is 32.2 Å². The van der Waals surface area contributed by atoms with Gasteiger partial charge in [0.1, 0.15) is 0 Å². The molecule has 1 saturated carbocycles. The number of para-hydroxylation sites is 1. The molecule has 0 saturated heterocycles. The predicted molar refractivity (Wildman–Crippen MR) is 67.8 cm³/mol. The summed E-state index contributed by atoms with van der Waals surface area (Å²) in [5, 5.41) is 3.43. The maximum atomic E-state index is 11.8. The SMILES string of the molecule is CCOC(=O)[C@@H]1CCC[C@@H]1Nc1ccccc1. The van der Waals surface area contributed by atoms with E-state index in [1.807, 2.05) is 37.3 Å². The second-order valence-corrected chi connectivity index (χ2v) is 4.41. The molecule has 0 aliphatic heterocycles. The maximum Gasteiger partial charge on any atom is 0.311 e. The van der Waals surface area contributed by atoms with Crippen molar-refractivity contribution in [1.82, 2.24) is 0 Å². The highest BCUT2D eigenvalue weighted by atomic mass is 16.5. The van der Waals surface area contributed by atoms with Crippen LogP contribution in [0.5, 0.6) is 0 Å². The van der Waals surface area contributed by atoms with Crippen molar-refractivity contribution in [3.63, 3.8) is 0 Å². The molecule has 3 heteroatoms. The van der Waals surface area contributed by atoms with Gasteiger partial charge in [-0.2, -0.15) is 0 Å². The van der Waals surface area contributed by atoms with E-state index in [0.29, 0.717) is 6.61 Å². The van der Waals surface area contributed by atoms with Crippen LogP contribution >= 0.6 is 0 Å². The molecule has 0 unspecified atom stereocenters. The first-order valence-corrected chi connectivity index (χ1v) is 6.29. The van der Waals surface area contributed by atoms with E-state index in [1.54, 1.807) is 0 Å². The van der Waals surface area contributed by atoms with Gasteiger partial charge < -0.3 is 10.1 Å². The fourth-order valence-electron chi connectivity index (χ4n) is 2.41. The van der Waals surface area contributed by atoms with Crippen molar-refractivity contribution < 1.29 is 9.53 Å². The number of hydrogen-bond acceptors (Lipinski definition) is 3. The Morgan fingerprint density at radius 1 is 1.35 bits per heavy atom. The second kappa shape index (κ2) is 5.71. The number of ether oxygens (including phenoxy) is 1. The number of benzene rings is 1. The first-order valence-electron chi connectivity index (χ1n) is 6.29. The standard InChI is InChI=1S/C14H19NO2/c1-2-17-14(16)12-9-6-10-13(12)15-11-7-4-3-5-8-11/h3-5,7-8,12-13,15H,2,6,9-10H2,1H3/t12-,13+/m1/s1.